The lowest BCUT2D eigenvalue weighted by molar-refractivity contribution is -0.139. The predicted octanol–water partition coefficient (Wildman–Crippen LogP) is 0.0543. The quantitative estimate of drug-likeness (QED) is 0.505. The number of hydrogen-bond acceptors (Lipinski definition) is 2. The first-order chi connectivity index (χ1) is 3.55. The molecule has 0 fully saturated rings. The molecule has 0 aliphatic heterocycles. The summed E-state index contributed by atoms with van der Waals surface area (Å²) in [5.41, 5.74) is 5.16. The predicted molar refractivity (Wildman–Crippen MR) is 30.4 cm³/mol. The molecule has 3 nitrogen and oxygen atoms in total. The molecule has 48 valence electrons. The van der Waals surface area contributed by atoms with Crippen LogP contribution in [0.4, 0.5) is 0 Å². The molecule has 0 saturated heterocycles. The van der Waals surface area contributed by atoms with Crippen LogP contribution >= 0.6 is 0 Å². The van der Waals surface area contributed by atoms with E-state index in [1.165, 1.54) is 0 Å². The Morgan fingerprint density at radius 3 is 2.00 bits per heavy atom. The average molecular weight is 119 g/mol. The zero-order valence-corrected chi connectivity index (χ0v) is 5.09. The van der Waals surface area contributed by atoms with Crippen LogP contribution in [0.25, 0.3) is 0 Å². The number of carboxylic acid groups (broad SMARTS) is 1. The van der Waals surface area contributed by atoms with E-state index in [4.69, 9.17) is 10.8 Å². The number of carbonyl (C=O) groups is 1. The fourth-order valence-electron chi connectivity index (χ4n) is 0.285. The summed E-state index contributed by atoms with van der Waals surface area (Å²) >= 11 is 0. The molecule has 0 aromatic rings. The number of hydrogen-bond donors (Lipinski definition) is 2. The van der Waals surface area contributed by atoms with Gasteiger partial charge in [0.2, 0.25) is 0 Å². The van der Waals surface area contributed by atoms with Crippen LogP contribution in [-0.4, -0.2) is 17.1 Å². The van der Waals surface area contributed by atoms with Crippen LogP contribution in [0.2, 0.25) is 0 Å². The highest BCUT2D eigenvalue weighted by atomic mass is 16.4. The molecule has 0 aliphatic rings. The van der Waals surface area contributed by atoms with E-state index < -0.39 is 12.0 Å². The van der Waals surface area contributed by atoms with E-state index in [1.807, 2.05) is 0 Å². The first kappa shape index (κ1) is 7.43. The monoisotopic (exact) mass is 119 g/mol. The smallest absolute Gasteiger partial charge is 0.320 e. The van der Waals surface area contributed by atoms with Crippen LogP contribution in [0, 0.1) is 5.92 Å². The second kappa shape index (κ2) is 2.67. The Morgan fingerprint density at radius 1 is 1.62 bits per heavy atom. The number of carboxylic acids is 1. The topological polar surface area (TPSA) is 63.3 Å². The highest BCUT2D eigenvalue weighted by Crippen LogP contribution is 1.96. The normalized spacial score (nSPS) is 14.0. The van der Waals surface area contributed by atoms with E-state index in [0.29, 0.717) is 0 Å². The summed E-state index contributed by atoms with van der Waals surface area (Å²) in [6, 6.07) is -0.713. The van der Waals surface area contributed by atoms with Crippen molar-refractivity contribution in [1.82, 2.24) is 0 Å². The SMILES string of the molecule is [13CH3]C([13CH3])[C@H](N)C(=O)O. The number of rotatable bonds is 2. The third-order valence-electron chi connectivity index (χ3n) is 1.00. The zero-order chi connectivity index (χ0) is 6.73. The van der Waals surface area contributed by atoms with Crippen LogP contribution in [0.15, 0.2) is 0 Å². The molecule has 0 aromatic heterocycles. The zero-order valence-electron chi connectivity index (χ0n) is 5.09. The van der Waals surface area contributed by atoms with Gasteiger partial charge in [0.1, 0.15) is 6.04 Å². The third kappa shape index (κ3) is 1.93. The lowest BCUT2D eigenvalue weighted by Crippen LogP contribution is -2.34. The van der Waals surface area contributed by atoms with E-state index in [1.54, 1.807) is 13.8 Å². The average Bonchev–Trinajstić information content (AvgIpc) is 1.64. The summed E-state index contributed by atoms with van der Waals surface area (Å²) in [6.45, 7) is 3.55. The Kier molecular flexibility index (Phi) is 2.48. The van der Waals surface area contributed by atoms with Crippen molar-refractivity contribution >= 4 is 5.97 Å². The standard InChI is InChI=1S/C5H11NO2/c1-3(2)4(6)5(7)8/h3-4H,6H2,1-2H3,(H,7,8)/t4-/m0/s1/i1+1,2+1. The van der Waals surface area contributed by atoms with Gasteiger partial charge in [-0.15, -0.1) is 0 Å². The molecule has 1 atom stereocenters. The largest absolute Gasteiger partial charge is 0.480 e. The maximum Gasteiger partial charge on any atom is 0.320 e. The first-order valence-corrected chi connectivity index (χ1v) is 2.54. The summed E-state index contributed by atoms with van der Waals surface area (Å²) in [4.78, 5) is 10.0. The maximum atomic E-state index is 10.0. The fraction of sp³-hybridized carbons (Fsp3) is 0.800. The Hall–Kier alpha value is -0.570. The summed E-state index contributed by atoms with van der Waals surface area (Å²) in [5.74, 6) is -0.910. The van der Waals surface area contributed by atoms with Gasteiger partial charge in [0.25, 0.3) is 0 Å². The lowest BCUT2D eigenvalue weighted by Gasteiger charge is -2.07. The summed E-state index contributed by atoms with van der Waals surface area (Å²) < 4.78 is 0. The van der Waals surface area contributed by atoms with E-state index in [-0.39, 0.29) is 5.92 Å². The molecule has 3 N–H and O–H groups in total. The van der Waals surface area contributed by atoms with E-state index >= 15 is 0 Å². The molecule has 0 radical (unpaired) electrons. The van der Waals surface area contributed by atoms with Crippen LogP contribution < -0.4 is 5.73 Å². The van der Waals surface area contributed by atoms with Crippen molar-refractivity contribution in [2.45, 2.75) is 19.9 Å². The molecule has 0 aliphatic carbocycles. The van der Waals surface area contributed by atoms with Crippen molar-refractivity contribution in [1.29, 1.82) is 0 Å². The first-order valence-electron chi connectivity index (χ1n) is 2.54. The molecular formula is C5H11NO2. The molecule has 8 heavy (non-hydrogen) atoms. The second-order valence-corrected chi connectivity index (χ2v) is 2.11. The molecule has 3 heteroatoms. The molecule has 0 bridgehead atoms. The van der Waals surface area contributed by atoms with Gasteiger partial charge in [0.05, 0.1) is 0 Å². The van der Waals surface area contributed by atoms with Gasteiger partial charge in [-0.3, -0.25) is 4.79 Å². The minimum atomic E-state index is -0.931. The highest BCUT2D eigenvalue weighted by molar-refractivity contribution is 5.73. The van der Waals surface area contributed by atoms with Crippen LogP contribution in [0.1, 0.15) is 13.8 Å². The maximum absolute atomic E-state index is 10.0. The molecular weight excluding hydrogens is 108 g/mol. The van der Waals surface area contributed by atoms with Crippen LogP contribution in [-0.2, 0) is 4.79 Å². The van der Waals surface area contributed by atoms with Crippen LogP contribution in [0.3, 0.4) is 0 Å². The van der Waals surface area contributed by atoms with Gasteiger partial charge in [-0.05, 0) is 5.92 Å². The number of nitrogens with two attached hydrogens (primary N) is 1. The van der Waals surface area contributed by atoms with Crippen molar-refractivity contribution in [3.8, 4) is 0 Å². The van der Waals surface area contributed by atoms with Crippen LogP contribution in [0.5, 0.6) is 0 Å². The molecule has 0 saturated carbocycles. The molecule has 0 spiro atoms. The molecule has 0 aromatic carbocycles. The molecule has 0 rings (SSSR count). The Balaban J connectivity index is 3.64. The van der Waals surface area contributed by atoms with Gasteiger partial charge >= 0.3 is 5.97 Å². The van der Waals surface area contributed by atoms with Crippen molar-refractivity contribution in [3.63, 3.8) is 0 Å². The molecule has 0 unspecified atom stereocenters. The van der Waals surface area contributed by atoms with Gasteiger partial charge in [-0.2, -0.15) is 0 Å². The lowest BCUT2D eigenvalue weighted by atomic mass is 10.2. The van der Waals surface area contributed by atoms with E-state index in [2.05, 4.69) is 0 Å². The van der Waals surface area contributed by atoms with E-state index in [0.717, 1.165) is 0 Å². The number of aliphatic carboxylic acids is 1. The van der Waals surface area contributed by atoms with Gasteiger partial charge < -0.3 is 10.8 Å². The Labute approximate surface area is 48.5 Å². The minimum absolute atomic E-state index is 0.0208. The third-order valence-corrected chi connectivity index (χ3v) is 1.00. The fourth-order valence-corrected chi connectivity index (χ4v) is 0.285. The molecule has 0 heterocycles. The summed E-state index contributed by atoms with van der Waals surface area (Å²) in [5, 5.41) is 8.23. The van der Waals surface area contributed by atoms with Crippen molar-refractivity contribution in [2.24, 2.45) is 11.7 Å². The Bertz CT molecular complexity index is 90.4. The van der Waals surface area contributed by atoms with Crippen molar-refractivity contribution in [3.05, 3.63) is 0 Å². The Morgan fingerprint density at radius 2 is 2.00 bits per heavy atom. The highest BCUT2D eigenvalue weighted by Gasteiger charge is 2.14. The van der Waals surface area contributed by atoms with Crippen molar-refractivity contribution in [2.75, 3.05) is 0 Å². The van der Waals surface area contributed by atoms with Crippen molar-refractivity contribution < 1.29 is 9.90 Å². The van der Waals surface area contributed by atoms with Gasteiger partial charge in [-0.1, -0.05) is 13.8 Å². The van der Waals surface area contributed by atoms with Gasteiger partial charge in [0, 0.05) is 0 Å². The van der Waals surface area contributed by atoms with E-state index in [9.17, 15) is 4.79 Å². The van der Waals surface area contributed by atoms with Gasteiger partial charge in [0.15, 0.2) is 0 Å². The minimum Gasteiger partial charge on any atom is -0.480 e. The summed E-state index contributed by atoms with van der Waals surface area (Å²) in [6.07, 6.45) is 0. The van der Waals surface area contributed by atoms with Gasteiger partial charge in [-0.25, -0.2) is 0 Å². The summed E-state index contributed by atoms with van der Waals surface area (Å²) in [7, 11) is 0. The molecule has 0 amide bonds. The second-order valence-electron chi connectivity index (χ2n) is 2.11.